The summed E-state index contributed by atoms with van der Waals surface area (Å²) in [5.41, 5.74) is 0.180. The Bertz CT molecular complexity index is 627. The summed E-state index contributed by atoms with van der Waals surface area (Å²) in [6, 6.07) is 4.71. The molecule has 0 radical (unpaired) electrons. The predicted molar refractivity (Wildman–Crippen MR) is 83.4 cm³/mol. The Hall–Kier alpha value is -1.64. The lowest BCUT2D eigenvalue weighted by molar-refractivity contribution is 0.0696. The van der Waals surface area contributed by atoms with Crippen LogP contribution < -0.4 is 4.74 Å². The van der Waals surface area contributed by atoms with Crippen molar-refractivity contribution in [2.45, 2.75) is 32.8 Å². The highest BCUT2D eigenvalue weighted by Gasteiger charge is 2.11. The average Bonchev–Trinajstić information content (AvgIpc) is 2.92. The molecule has 112 valence electrons. The van der Waals surface area contributed by atoms with Gasteiger partial charge < -0.3 is 14.4 Å². The quantitative estimate of drug-likeness (QED) is 0.716. The number of carboxylic acid groups (broad SMARTS) is 1. The first-order chi connectivity index (χ1) is 10.1. The fraction of sp³-hybridized carbons (Fsp3) is 0.357. The molecule has 0 aliphatic rings. The van der Waals surface area contributed by atoms with Gasteiger partial charge in [-0.05, 0) is 47.2 Å². The van der Waals surface area contributed by atoms with Gasteiger partial charge in [0.2, 0.25) is 0 Å². The molecule has 1 aromatic heterocycles. The van der Waals surface area contributed by atoms with Crippen LogP contribution in [0.5, 0.6) is 5.75 Å². The van der Waals surface area contributed by atoms with Crippen LogP contribution in [0.25, 0.3) is 0 Å². The van der Waals surface area contributed by atoms with Crippen LogP contribution in [0.3, 0.4) is 0 Å². The Morgan fingerprint density at radius 1 is 1.48 bits per heavy atom. The maximum Gasteiger partial charge on any atom is 0.335 e. The molecule has 2 rings (SSSR count). The summed E-state index contributed by atoms with van der Waals surface area (Å²) in [4.78, 5) is 15.2. The number of aromatic nitrogens is 2. The highest BCUT2D eigenvalue weighted by molar-refractivity contribution is 14.1. The van der Waals surface area contributed by atoms with E-state index in [0.717, 1.165) is 22.8 Å². The standard InChI is InChI=1S/C14H15IN2O4/c1-2-3-4-12-16-13(21-17-12)8-20-11-7-9(14(18)19)5-6-10(11)15/h5-7H,2-4,8H2,1H3,(H,18,19). The van der Waals surface area contributed by atoms with Crippen LogP contribution in [0.4, 0.5) is 0 Å². The molecule has 0 fully saturated rings. The van der Waals surface area contributed by atoms with Crippen molar-refractivity contribution >= 4 is 28.6 Å². The molecule has 2 aromatic rings. The number of hydrogen-bond acceptors (Lipinski definition) is 5. The molecule has 0 aliphatic heterocycles. The first-order valence-electron chi connectivity index (χ1n) is 6.57. The van der Waals surface area contributed by atoms with E-state index in [4.69, 9.17) is 14.4 Å². The lowest BCUT2D eigenvalue weighted by atomic mass is 10.2. The van der Waals surface area contributed by atoms with E-state index in [1.165, 1.54) is 12.1 Å². The zero-order chi connectivity index (χ0) is 15.2. The largest absolute Gasteiger partial charge is 0.483 e. The molecule has 0 amide bonds. The minimum Gasteiger partial charge on any atom is -0.483 e. The molecule has 1 aromatic carbocycles. The zero-order valence-corrected chi connectivity index (χ0v) is 13.7. The van der Waals surface area contributed by atoms with Gasteiger partial charge in [-0.1, -0.05) is 18.5 Å². The van der Waals surface area contributed by atoms with Crippen molar-refractivity contribution in [3.8, 4) is 5.75 Å². The van der Waals surface area contributed by atoms with Gasteiger partial charge in [-0.3, -0.25) is 0 Å². The number of halogens is 1. The second-order valence-electron chi connectivity index (χ2n) is 4.45. The molecule has 21 heavy (non-hydrogen) atoms. The van der Waals surface area contributed by atoms with E-state index in [0.29, 0.717) is 17.5 Å². The molecule has 0 atom stereocenters. The molecular weight excluding hydrogens is 387 g/mol. The van der Waals surface area contributed by atoms with Crippen LogP contribution in [-0.2, 0) is 13.0 Å². The Labute approximate surface area is 135 Å². The van der Waals surface area contributed by atoms with E-state index < -0.39 is 5.97 Å². The topological polar surface area (TPSA) is 85.5 Å². The number of carbonyl (C=O) groups is 1. The molecule has 1 heterocycles. The summed E-state index contributed by atoms with van der Waals surface area (Å²) in [5, 5.41) is 12.8. The van der Waals surface area contributed by atoms with E-state index in [1.807, 2.05) is 0 Å². The number of aryl methyl sites for hydroxylation is 1. The van der Waals surface area contributed by atoms with E-state index in [2.05, 4.69) is 39.7 Å². The Morgan fingerprint density at radius 3 is 3.00 bits per heavy atom. The van der Waals surface area contributed by atoms with Gasteiger partial charge in [-0.15, -0.1) is 0 Å². The van der Waals surface area contributed by atoms with Gasteiger partial charge >= 0.3 is 5.97 Å². The van der Waals surface area contributed by atoms with Crippen LogP contribution in [0.15, 0.2) is 22.7 Å². The third-order valence-corrected chi connectivity index (χ3v) is 3.68. The number of benzene rings is 1. The van der Waals surface area contributed by atoms with Crippen LogP contribution in [0, 0.1) is 3.57 Å². The smallest absolute Gasteiger partial charge is 0.335 e. The molecule has 1 N–H and O–H groups in total. The molecule has 0 saturated carbocycles. The third-order valence-electron chi connectivity index (χ3n) is 2.79. The summed E-state index contributed by atoms with van der Waals surface area (Å²) in [6.45, 7) is 2.22. The third kappa shape index (κ3) is 4.42. The molecule has 0 spiro atoms. The molecule has 0 aliphatic carbocycles. The average molecular weight is 402 g/mol. The van der Waals surface area contributed by atoms with Crippen LogP contribution in [-0.4, -0.2) is 21.2 Å². The second-order valence-corrected chi connectivity index (χ2v) is 5.61. The van der Waals surface area contributed by atoms with Crippen LogP contribution >= 0.6 is 22.6 Å². The van der Waals surface area contributed by atoms with Gasteiger partial charge in [-0.2, -0.15) is 4.98 Å². The number of carboxylic acids is 1. The summed E-state index contributed by atoms with van der Waals surface area (Å²) in [5.74, 6) is 0.557. The number of unbranched alkanes of at least 4 members (excludes halogenated alkanes) is 1. The van der Waals surface area contributed by atoms with E-state index >= 15 is 0 Å². The van der Waals surface area contributed by atoms with Crippen molar-refractivity contribution in [3.63, 3.8) is 0 Å². The summed E-state index contributed by atoms with van der Waals surface area (Å²) < 4.78 is 11.5. The summed E-state index contributed by atoms with van der Waals surface area (Å²) >= 11 is 2.08. The van der Waals surface area contributed by atoms with Gasteiger partial charge in [0, 0.05) is 6.42 Å². The number of ether oxygens (including phenoxy) is 1. The number of rotatable bonds is 7. The fourth-order valence-corrected chi connectivity index (χ4v) is 2.16. The first kappa shape index (κ1) is 15.7. The van der Waals surface area contributed by atoms with Crippen molar-refractivity contribution < 1.29 is 19.2 Å². The highest BCUT2D eigenvalue weighted by Crippen LogP contribution is 2.23. The molecular formula is C14H15IN2O4. The molecule has 6 nitrogen and oxygen atoms in total. The number of nitrogens with zero attached hydrogens (tertiary/aromatic N) is 2. The lowest BCUT2D eigenvalue weighted by Gasteiger charge is -2.06. The Kier molecular flexibility index (Phi) is 5.54. The number of hydrogen-bond donors (Lipinski definition) is 1. The van der Waals surface area contributed by atoms with Crippen LogP contribution in [0.2, 0.25) is 0 Å². The lowest BCUT2D eigenvalue weighted by Crippen LogP contribution is -2.01. The van der Waals surface area contributed by atoms with Crippen molar-refractivity contribution in [2.75, 3.05) is 0 Å². The monoisotopic (exact) mass is 402 g/mol. The van der Waals surface area contributed by atoms with Crippen molar-refractivity contribution in [3.05, 3.63) is 39.0 Å². The Balaban J connectivity index is 2.00. The zero-order valence-electron chi connectivity index (χ0n) is 11.5. The fourth-order valence-electron chi connectivity index (χ4n) is 1.67. The van der Waals surface area contributed by atoms with Gasteiger partial charge in [0.15, 0.2) is 12.4 Å². The predicted octanol–water partition coefficient (Wildman–Crippen LogP) is 3.29. The molecule has 0 bridgehead atoms. The first-order valence-corrected chi connectivity index (χ1v) is 7.65. The van der Waals surface area contributed by atoms with E-state index in [9.17, 15) is 4.79 Å². The van der Waals surface area contributed by atoms with Gasteiger partial charge in [0.05, 0.1) is 9.13 Å². The summed E-state index contributed by atoms with van der Waals surface area (Å²) in [7, 11) is 0. The minimum atomic E-state index is -0.990. The Morgan fingerprint density at radius 2 is 2.29 bits per heavy atom. The maximum absolute atomic E-state index is 10.9. The molecule has 7 heteroatoms. The van der Waals surface area contributed by atoms with Crippen molar-refractivity contribution in [1.29, 1.82) is 0 Å². The van der Waals surface area contributed by atoms with E-state index in [-0.39, 0.29) is 12.2 Å². The van der Waals surface area contributed by atoms with E-state index in [1.54, 1.807) is 6.07 Å². The molecule has 0 saturated heterocycles. The van der Waals surface area contributed by atoms with Gasteiger partial charge in [0.1, 0.15) is 5.75 Å². The molecule has 0 unspecified atom stereocenters. The summed E-state index contributed by atoms with van der Waals surface area (Å²) in [6.07, 6.45) is 2.87. The van der Waals surface area contributed by atoms with Crippen molar-refractivity contribution in [1.82, 2.24) is 10.1 Å². The normalized spacial score (nSPS) is 10.6. The number of aromatic carboxylic acids is 1. The van der Waals surface area contributed by atoms with Gasteiger partial charge in [-0.25, -0.2) is 4.79 Å². The highest BCUT2D eigenvalue weighted by atomic mass is 127. The second kappa shape index (κ2) is 7.39. The van der Waals surface area contributed by atoms with Crippen LogP contribution in [0.1, 0.15) is 41.8 Å². The minimum absolute atomic E-state index is 0.123. The SMILES string of the molecule is CCCCc1noc(COc2cc(C(=O)O)ccc2I)n1. The van der Waals surface area contributed by atoms with Gasteiger partial charge in [0.25, 0.3) is 5.89 Å². The maximum atomic E-state index is 10.9. The van der Waals surface area contributed by atoms with Crippen molar-refractivity contribution in [2.24, 2.45) is 0 Å².